The van der Waals surface area contributed by atoms with Gasteiger partial charge in [0.2, 0.25) is 5.60 Å². The number of rotatable bonds is 8. The van der Waals surface area contributed by atoms with Crippen LogP contribution in [0.3, 0.4) is 0 Å². The Bertz CT molecular complexity index is 1040. The maximum absolute atomic E-state index is 14.3. The molecule has 0 unspecified atom stereocenters. The molecule has 1 fully saturated rings. The number of nitrogens with one attached hydrogen (secondary N) is 2. The predicted octanol–water partition coefficient (Wildman–Crippen LogP) is 2.79. The van der Waals surface area contributed by atoms with Gasteiger partial charge >= 0.3 is 12.3 Å². The van der Waals surface area contributed by atoms with Crippen molar-refractivity contribution in [3.63, 3.8) is 0 Å². The van der Waals surface area contributed by atoms with E-state index in [1.165, 1.54) is 30.9 Å². The second kappa shape index (κ2) is 11.8. The van der Waals surface area contributed by atoms with Gasteiger partial charge < -0.3 is 34.6 Å². The van der Waals surface area contributed by atoms with E-state index in [9.17, 15) is 27.6 Å². The summed E-state index contributed by atoms with van der Waals surface area (Å²) in [5, 5.41) is 5.65. The minimum absolute atomic E-state index is 0.00271. The summed E-state index contributed by atoms with van der Waals surface area (Å²) in [6.07, 6.45) is -4.15. The monoisotopic (exact) mass is 544 g/mol. The van der Waals surface area contributed by atoms with E-state index >= 15 is 0 Å². The first kappa shape index (κ1) is 29.5. The van der Waals surface area contributed by atoms with Gasteiger partial charge in [-0.2, -0.15) is 13.2 Å². The molecule has 1 saturated heterocycles. The van der Waals surface area contributed by atoms with E-state index in [-0.39, 0.29) is 43.2 Å². The molecule has 10 nitrogen and oxygen atoms in total. The van der Waals surface area contributed by atoms with Crippen LogP contribution >= 0.6 is 0 Å². The molecule has 2 N–H and O–H groups in total. The maximum Gasteiger partial charge on any atom is 0.417 e. The minimum atomic E-state index is -4.87. The highest BCUT2D eigenvalue weighted by Crippen LogP contribution is 2.44. The number of ether oxygens (including phenoxy) is 3. The summed E-state index contributed by atoms with van der Waals surface area (Å²) < 4.78 is 58.4. The van der Waals surface area contributed by atoms with Gasteiger partial charge in [-0.1, -0.05) is 0 Å². The number of hydrogen-bond acceptors (Lipinski definition) is 7. The average Bonchev–Trinajstić information content (AvgIpc) is 2.85. The van der Waals surface area contributed by atoms with Crippen LogP contribution in [0, 0.1) is 0 Å². The number of carbonyl (C=O) groups is 3. The Labute approximate surface area is 219 Å². The Kier molecular flexibility index (Phi) is 9.13. The molecule has 2 heterocycles. The maximum atomic E-state index is 14.3. The number of fused-ring (bicyclic) bond motifs is 1. The van der Waals surface area contributed by atoms with Crippen LogP contribution in [0.1, 0.15) is 49.5 Å². The SMILES string of the molecule is COC[C@@]1(C)Oc2cc(C(F)(F)F)c(C(=O)N(C(C)C)[C@@H]3CCCNC3)cc2N(CCNC(=O)OC)C1=O. The smallest absolute Gasteiger partial charge is 0.417 e. The molecule has 3 rings (SSSR count). The van der Waals surface area contributed by atoms with E-state index < -0.39 is 40.8 Å². The quantitative estimate of drug-likeness (QED) is 0.518. The molecular weight excluding hydrogens is 509 g/mol. The lowest BCUT2D eigenvalue weighted by atomic mass is 9.96. The summed E-state index contributed by atoms with van der Waals surface area (Å²) in [5.41, 5.74) is -3.36. The highest BCUT2D eigenvalue weighted by Gasteiger charge is 2.47. The molecule has 1 aromatic carbocycles. The van der Waals surface area contributed by atoms with Crippen LogP contribution < -0.4 is 20.3 Å². The van der Waals surface area contributed by atoms with Crippen molar-refractivity contribution < 1.29 is 41.8 Å². The lowest BCUT2D eigenvalue weighted by Gasteiger charge is -2.41. The molecule has 1 aromatic rings. The van der Waals surface area contributed by atoms with Crippen molar-refractivity contribution >= 4 is 23.6 Å². The number of benzene rings is 1. The van der Waals surface area contributed by atoms with E-state index in [0.717, 1.165) is 25.1 Å². The number of halogens is 3. The van der Waals surface area contributed by atoms with E-state index in [0.29, 0.717) is 13.0 Å². The van der Waals surface area contributed by atoms with Crippen LogP contribution in [0.2, 0.25) is 0 Å². The van der Waals surface area contributed by atoms with Gasteiger partial charge in [0, 0.05) is 38.8 Å². The Hall–Kier alpha value is -3.06. The minimum Gasteiger partial charge on any atom is -0.473 e. The third-order valence-electron chi connectivity index (χ3n) is 6.62. The van der Waals surface area contributed by atoms with Crippen LogP contribution in [0.4, 0.5) is 23.7 Å². The average molecular weight is 545 g/mol. The fourth-order valence-corrected chi connectivity index (χ4v) is 4.92. The molecule has 0 radical (unpaired) electrons. The highest BCUT2D eigenvalue weighted by atomic mass is 19.4. The number of amides is 3. The molecule has 0 spiro atoms. The fraction of sp³-hybridized carbons (Fsp3) is 0.640. The van der Waals surface area contributed by atoms with Gasteiger partial charge in [-0.05, 0) is 52.3 Å². The number of alkyl halides is 3. The molecule has 13 heteroatoms. The van der Waals surface area contributed by atoms with Gasteiger partial charge in [0.25, 0.3) is 11.8 Å². The largest absolute Gasteiger partial charge is 0.473 e. The Morgan fingerprint density at radius 3 is 2.58 bits per heavy atom. The van der Waals surface area contributed by atoms with Crippen molar-refractivity contribution in [1.29, 1.82) is 0 Å². The highest BCUT2D eigenvalue weighted by molar-refractivity contribution is 6.05. The normalized spacial score (nSPS) is 21.6. The summed E-state index contributed by atoms with van der Waals surface area (Å²) in [7, 11) is 2.52. The second-order valence-electron chi connectivity index (χ2n) is 9.81. The number of methoxy groups -OCH3 is 2. The zero-order valence-corrected chi connectivity index (χ0v) is 22.2. The van der Waals surface area contributed by atoms with Gasteiger partial charge in [0.15, 0.2) is 0 Å². The lowest BCUT2D eigenvalue weighted by molar-refractivity contribution is -0.139. The van der Waals surface area contributed by atoms with E-state index in [1.807, 2.05) is 0 Å². The van der Waals surface area contributed by atoms with Crippen LogP contribution in [0.5, 0.6) is 5.75 Å². The molecule has 0 aromatic heterocycles. The molecule has 38 heavy (non-hydrogen) atoms. The molecular formula is C25H35F3N4O6. The topological polar surface area (TPSA) is 109 Å². The first-order chi connectivity index (χ1) is 17.8. The van der Waals surface area contributed by atoms with Crippen LogP contribution in [-0.4, -0.2) is 87.5 Å². The third kappa shape index (κ3) is 6.15. The molecule has 212 valence electrons. The first-order valence-corrected chi connectivity index (χ1v) is 12.4. The zero-order chi connectivity index (χ0) is 28.3. The van der Waals surface area contributed by atoms with Crippen LogP contribution in [0.25, 0.3) is 0 Å². The second-order valence-corrected chi connectivity index (χ2v) is 9.81. The standard InChI is InChI=1S/C25H35F3N4O6/c1-15(2)32(16-7-6-8-29-13-16)21(33)17-11-19-20(12-18(17)25(26,27)28)38-24(3,14-36-4)22(34)31(19)10-9-30-23(35)37-5/h11-12,15-16,29H,6-10,13-14H2,1-5H3,(H,30,35)/t16-,24-/m1/s1. The Morgan fingerprint density at radius 2 is 2.03 bits per heavy atom. The molecule has 3 amide bonds. The van der Waals surface area contributed by atoms with Gasteiger partial charge in [-0.15, -0.1) is 0 Å². The summed E-state index contributed by atoms with van der Waals surface area (Å²) >= 11 is 0. The number of anilines is 1. The molecule has 0 bridgehead atoms. The molecule has 2 aliphatic heterocycles. The van der Waals surface area contributed by atoms with Crippen molar-refractivity contribution in [3.05, 3.63) is 23.3 Å². The van der Waals surface area contributed by atoms with Gasteiger partial charge in [0.1, 0.15) is 5.75 Å². The lowest BCUT2D eigenvalue weighted by Crippen LogP contribution is -2.58. The van der Waals surface area contributed by atoms with Gasteiger partial charge in [-0.25, -0.2) is 4.79 Å². The Morgan fingerprint density at radius 1 is 1.32 bits per heavy atom. The molecule has 0 saturated carbocycles. The number of piperidine rings is 1. The van der Waals surface area contributed by atoms with E-state index in [1.54, 1.807) is 13.8 Å². The number of nitrogens with zero attached hydrogens (tertiary/aromatic N) is 2. The first-order valence-electron chi connectivity index (χ1n) is 12.4. The Balaban J connectivity index is 2.13. The van der Waals surface area contributed by atoms with Gasteiger partial charge in [-0.3, -0.25) is 9.59 Å². The number of carbonyl (C=O) groups excluding carboxylic acids is 3. The van der Waals surface area contributed by atoms with Crippen molar-refractivity contribution in [2.24, 2.45) is 0 Å². The number of hydrogen-bond donors (Lipinski definition) is 2. The summed E-state index contributed by atoms with van der Waals surface area (Å²) in [6.45, 7) is 5.77. The van der Waals surface area contributed by atoms with Crippen LogP contribution in [0.15, 0.2) is 12.1 Å². The van der Waals surface area contributed by atoms with Gasteiger partial charge in [0.05, 0.1) is 30.5 Å². The summed E-state index contributed by atoms with van der Waals surface area (Å²) in [5.74, 6) is -1.59. The zero-order valence-electron chi connectivity index (χ0n) is 22.2. The van der Waals surface area contributed by atoms with Crippen LogP contribution in [-0.2, 0) is 20.4 Å². The van der Waals surface area contributed by atoms with Crippen molar-refractivity contribution in [3.8, 4) is 5.75 Å². The predicted molar refractivity (Wildman–Crippen MR) is 132 cm³/mol. The van der Waals surface area contributed by atoms with E-state index in [4.69, 9.17) is 9.47 Å². The molecule has 0 aliphatic carbocycles. The molecule has 2 aliphatic rings. The fourth-order valence-electron chi connectivity index (χ4n) is 4.92. The van der Waals surface area contributed by atoms with Crippen molar-refractivity contribution in [2.75, 3.05) is 51.9 Å². The summed E-state index contributed by atoms with van der Waals surface area (Å²) in [4.78, 5) is 41.4. The molecule has 2 atom stereocenters. The third-order valence-corrected chi connectivity index (χ3v) is 6.62. The van der Waals surface area contributed by atoms with Crippen molar-refractivity contribution in [2.45, 2.75) is 57.5 Å². The number of alkyl carbamates (subject to hydrolysis) is 1. The van der Waals surface area contributed by atoms with Crippen molar-refractivity contribution in [1.82, 2.24) is 15.5 Å². The van der Waals surface area contributed by atoms with E-state index in [2.05, 4.69) is 15.4 Å². The summed E-state index contributed by atoms with van der Waals surface area (Å²) in [6, 6.07) is 1.18.